The van der Waals surface area contributed by atoms with Crippen LogP contribution in [0.1, 0.15) is 33.3 Å². The van der Waals surface area contributed by atoms with Gasteiger partial charge in [-0.1, -0.05) is 42.5 Å². The Morgan fingerprint density at radius 3 is 2.30 bits per heavy atom. The zero-order valence-electron chi connectivity index (χ0n) is 13.0. The predicted molar refractivity (Wildman–Crippen MR) is 87.7 cm³/mol. The molecule has 0 radical (unpaired) electrons. The minimum absolute atomic E-state index is 0.162. The van der Waals surface area contributed by atoms with Gasteiger partial charge in [0, 0.05) is 23.9 Å². The molecule has 0 saturated carbocycles. The first-order valence-electron chi connectivity index (χ1n) is 7.53. The molecule has 0 amide bonds. The zero-order chi connectivity index (χ0) is 14.8. The molecule has 0 aliphatic carbocycles. The predicted octanol–water partition coefficient (Wildman–Crippen LogP) is 4.56. The molecule has 2 nitrogen and oxygen atoms in total. The first-order chi connectivity index (χ1) is 9.45. The number of allylic oxidation sites excluding steroid dienone is 2. The number of rotatable bonds is 5. The van der Waals surface area contributed by atoms with Crippen LogP contribution in [-0.4, -0.2) is 28.6 Å². The van der Waals surface area contributed by atoms with Gasteiger partial charge in [-0.15, -0.1) is 0 Å². The van der Waals surface area contributed by atoms with Crippen LogP contribution in [0.5, 0.6) is 0 Å². The molecule has 0 spiro atoms. The van der Waals surface area contributed by atoms with E-state index in [-0.39, 0.29) is 5.66 Å². The molecule has 0 saturated heterocycles. The highest BCUT2D eigenvalue weighted by Gasteiger charge is 2.41. The molecular formula is C17H26NOP. The van der Waals surface area contributed by atoms with Gasteiger partial charge in [-0.3, -0.25) is 0 Å². The van der Waals surface area contributed by atoms with Crippen molar-refractivity contribution in [3.05, 3.63) is 48.0 Å². The molecule has 1 aromatic carbocycles. The van der Waals surface area contributed by atoms with E-state index in [9.17, 15) is 4.57 Å². The van der Waals surface area contributed by atoms with Gasteiger partial charge in [0.1, 0.15) is 0 Å². The van der Waals surface area contributed by atoms with Gasteiger partial charge in [0.15, 0.2) is 7.29 Å². The second-order valence-corrected chi connectivity index (χ2v) is 9.19. The van der Waals surface area contributed by atoms with Gasteiger partial charge in [-0.2, -0.15) is 0 Å². The lowest BCUT2D eigenvalue weighted by molar-refractivity contribution is 0.298. The summed E-state index contributed by atoms with van der Waals surface area (Å²) in [5.74, 6) is 0. The molecule has 0 fully saturated rings. The quantitative estimate of drug-likeness (QED) is 0.585. The number of nitrogens with zero attached hydrogens (tertiary/aromatic N) is 1. The third-order valence-corrected chi connectivity index (χ3v) is 7.81. The Labute approximate surface area is 123 Å². The Kier molecular flexibility index (Phi) is 4.88. The maximum Gasteiger partial charge on any atom is 0.161 e. The van der Waals surface area contributed by atoms with Crippen LogP contribution in [0.4, 0.5) is 0 Å². The van der Waals surface area contributed by atoms with Gasteiger partial charge in [0.05, 0.1) is 0 Å². The number of benzene rings is 1. The van der Waals surface area contributed by atoms with Gasteiger partial charge in [-0.05, 0) is 39.7 Å². The van der Waals surface area contributed by atoms with Crippen molar-refractivity contribution in [3.8, 4) is 0 Å². The van der Waals surface area contributed by atoms with Crippen molar-refractivity contribution in [1.29, 1.82) is 0 Å². The average Bonchev–Trinajstić information content (AvgIpc) is 2.71. The molecule has 1 aromatic rings. The highest BCUT2D eigenvalue weighted by molar-refractivity contribution is 7.63. The molecule has 3 heteroatoms. The molecule has 2 atom stereocenters. The summed E-state index contributed by atoms with van der Waals surface area (Å²) in [5, 5.41) is 0. The summed E-state index contributed by atoms with van der Waals surface area (Å²) in [7, 11) is -2.35. The van der Waals surface area contributed by atoms with E-state index >= 15 is 0 Å². The summed E-state index contributed by atoms with van der Waals surface area (Å²) < 4.78 is 15.8. The van der Waals surface area contributed by atoms with Gasteiger partial charge in [-0.25, -0.2) is 4.67 Å². The fourth-order valence-electron chi connectivity index (χ4n) is 3.35. The Morgan fingerprint density at radius 1 is 1.15 bits per heavy atom. The van der Waals surface area contributed by atoms with Crippen molar-refractivity contribution in [1.82, 2.24) is 4.67 Å². The Morgan fingerprint density at radius 2 is 1.75 bits per heavy atom. The minimum Gasteiger partial charge on any atom is -0.306 e. The van der Waals surface area contributed by atoms with Crippen molar-refractivity contribution < 1.29 is 4.57 Å². The van der Waals surface area contributed by atoms with E-state index < -0.39 is 7.29 Å². The monoisotopic (exact) mass is 291 g/mol. The summed E-state index contributed by atoms with van der Waals surface area (Å²) in [6.07, 6.45) is 5.89. The second kappa shape index (κ2) is 6.28. The van der Waals surface area contributed by atoms with Crippen molar-refractivity contribution in [2.45, 2.75) is 51.9 Å². The van der Waals surface area contributed by atoms with Crippen LogP contribution in [0.25, 0.3) is 0 Å². The SMILES string of the molecule is CC(C)N(C(C)C)[P@]1(=O)CC=C[C@H]1Cc1ccccc1. The van der Waals surface area contributed by atoms with Gasteiger partial charge in [0.2, 0.25) is 0 Å². The van der Waals surface area contributed by atoms with Crippen molar-refractivity contribution in [2.24, 2.45) is 0 Å². The molecule has 1 heterocycles. The summed E-state index contributed by atoms with van der Waals surface area (Å²) >= 11 is 0. The van der Waals surface area contributed by atoms with Crippen LogP contribution in [0.15, 0.2) is 42.5 Å². The van der Waals surface area contributed by atoms with Crippen molar-refractivity contribution >= 4 is 7.29 Å². The first kappa shape index (κ1) is 15.5. The fraction of sp³-hybridized carbons (Fsp3) is 0.529. The fourth-order valence-corrected chi connectivity index (χ4v) is 7.02. The first-order valence-corrected chi connectivity index (χ1v) is 9.44. The van der Waals surface area contributed by atoms with Crippen LogP contribution in [0, 0.1) is 0 Å². The largest absolute Gasteiger partial charge is 0.306 e. The topological polar surface area (TPSA) is 20.3 Å². The minimum atomic E-state index is -2.35. The maximum atomic E-state index is 13.6. The average molecular weight is 291 g/mol. The lowest BCUT2D eigenvalue weighted by Crippen LogP contribution is -2.37. The van der Waals surface area contributed by atoms with E-state index in [0.717, 1.165) is 12.6 Å². The standard InChI is InChI=1S/C17H26NOP/c1-14(2)18(15(3)4)20(19)12-8-11-17(20)13-16-9-6-5-7-10-16/h5-11,14-15,17H,12-13H2,1-4H3/t17-,20-/m0/s1. The number of hydrogen-bond acceptors (Lipinski definition) is 1. The van der Waals surface area contributed by atoms with Gasteiger partial charge < -0.3 is 4.57 Å². The summed E-state index contributed by atoms with van der Waals surface area (Å²) in [6, 6.07) is 11.0. The third-order valence-electron chi connectivity index (χ3n) is 3.98. The van der Waals surface area contributed by atoms with Crippen LogP contribution in [-0.2, 0) is 11.0 Å². The van der Waals surface area contributed by atoms with Crippen LogP contribution < -0.4 is 0 Å². The molecule has 0 unspecified atom stereocenters. The van der Waals surface area contributed by atoms with E-state index in [0.29, 0.717) is 12.1 Å². The summed E-state index contributed by atoms with van der Waals surface area (Å²) in [5.41, 5.74) is 1.44. The van der Waals surface area contributed by atoms with Crippen LogP contribution in [0.2, 0.25) is 0 Å². The molecule has 110 valence electrons. The van der Waals surface area contributed by atoms with Crippen molar-refractivity contribution in [2.75, 3.05) is 6.16 Å². The van der Waals surface area contributed by atoms with Crippen LogP contribution in [0.3, 0.4) is 0 Å². The second-order valence-electron chi connectivity index (χ2n) is 6.19. The lowest BCUT2D eigenvalue weighted by atomic mass is 10.1. The lowest BCUT2D eigenvalue weighted by Gasteiger charge is -2.39. The van der Waals surface area contributed by atoms with Crippen LogP contribution >= 0.6 is 7.29 Å². The molecule has 20 heavy (non-hydrogen) atoms. The Bertz CT molecular complexity index is 499. The van der Waals surface area contributed by atoms with E-state index in [1.807, 2.05) is 6.07 Å². The van der Waals surface area contributed by atoms with Gasteiger partial charge >= 0.3 is 0 Å². The molecule has 0 N–H and O–H groups in total. The smallest absolute Gasteiger partial charge is 0.161 e. The molecule has 0 aromatic heterocycles. The van der Waals surface area contributed by atoms with E-state index in [4.69, 9.17) is 0 Å². The Hall–Kier alpha value is -0.850. The van der Waals surface area contributed by atoms with E-state index in [2.05, 4.69) is 68.8 Å². The zero-order valence-corrected chi connectivity index (χ0v) is 13.9. The highest BCUT2D eigenvalue weighted by Crippen LogP contribution is 2.60. The highest BCUT2D eigenvalue weighted by atomic mass is 31.2. The maximum absolute atomic E-state index is 13.6. The molecule has 1 aliphatic heterocycles. The molecule has 1 aliphatic rings. The normalized spacial score (nSPS) is 26.1. The van der Waals surface area contributed by atoms with E-state index in [1.165, 1.54) is 5.56 Å². The summed E-state index contributed by atoms with van der Waals surface area (Å²) in [6.45, 7) is 8.60. The molecular weight excluding hydrogens is 265 g/mol. The van der Waals surface area contributed by atoms with Crippen molar-refractivity contribution in [3.63, 3.8) is 0 Å². The molecule has 0 bridgehead atoms. The van der Waals surface area contributed by atoms with E-state index in [1.54, 1.807) is 0 Å². The summed E-state index contributed by atoms with van der Waals surface area (Å²) in [4.78, 5) is 0. The Balaban J connectivity index is 2.24. The van der Waals surface area contributed by atoms with Gasteiger partial charge in [0.25, 0.3) is 0 Å². The molecule has 2 rings (SSSR count). The third kappa shape index (κ3) is 3.07. The number of hydrogen-bond donors (Lipinski definition) is 0.